The molecule has 0 radical (unpaired) electrons. The average molecular weight is 813 g/mol. The fourth-order valence-electron chi connectivity index (χ4n) is 9.12. The van der Waals surface area contributed by atoms with Crippen LogP contribution in [0, 0.1) is 11.8 Å². The van der Waals surface area contributed by atoms with Crippen molar-refractivity contribution in [1.82, 2.24) is 0 Å². The number of benzene rings is 4. The van der Waals surface area contributed by atoms with E-state index in [2.05, 4.69) is 69.3 Å². The van der Waals surface area contributed by atoms with Crippen molar-refractivity contribution in [3.8, 4) is 22.6 Å². The first-order valence-electron chi connectivity index (χ1n) is 22.4. The molecule has 4 aromatic carbocycles. The van der Waals surface area contributed by atoms with Crippen molar-refractivity contribution in [3.63, 3.8) is 0 Å². The van der Waals surface area contributed by atoms with Crippen molar-refractivity contribution < 1.29 is 38.1 Å². The summed E-state index contributed by atoms with van der Waals surface area (Å²) in [6.07, 6.45) is 11.1. The first-order chi connectivity index (χ1) is 29.1. The Kier molecular flexibility index (Phi) is 14.5. The highest BCUT2D eigenvalue weighted by molar-refractivity contribution is 5.82. The molecule has 2 saturated carbocycles. The van der Waals surface area contributed by atoms with Gasteiger partial charge in [0, 0.05) is 18.8 Å². The second-order valence-electron chi connectivity index (χ2n) is 17.1. The Morgan fingerprint density at radius 1 is 0.483 bits per heavy atom. The predicted molar refractivity (Wildman–Crippen MR) is 232 cm³/mol. The minimum Gasteiger partial charge on any atom is -0.462 e. The highest BCUT2D eigenvalue weighted by atomic mass is 16.6. The number of hydrogen-bond acceptors (Lipinski definition) is 8. The van der Waals surface area contributed by atoms with E-state index in [-0.39, 0.29) is 53.8 Å². The molecule has 0 heterocycles. The number of hydrogen-bond donors (Lipinski definition) is 0. The fraction of sp³-hybridized carbons (Fsp3) is 0.462. The Morgan fingerprint density at radius 3 is 1.18 bits per heavy atom. The molecule has 0 N–H and O–H groups in total. The van der Waals surface area contributed by atoms with Crippen LogP contribution in [0.5, 0.6) is 11.5 Å². The molecule has 8 nitrogen and oxygen atoms in total. The number of ether oxygens (including phenoxy) is 4. The van der Waals surface area contributed by atoms with Gasteiger partial charge in [-0.3, -0.25) is 19.2 Å². The van der Waals surface area contributed by atoms with Crippen molar-refractivity contribution in [3.05, 3.63) is 118 Å². The van der Waals surface area contributed by atoms with Gasteiger partial charge in [-0.2, -0.15) is 0 Å². The van der Waals surface area contributed by atoms with Gasteiger partial charge in [-0.1, -0.05) is 94.3 Å². The number of carbonyl (C=O) groups excluding carboxylic acids is 4. The molecule has 4 aromatic rings. The van der Waals surface area contributed by atoms with Gasteiger partial charge in [0.05, 0.1) is 11.8 Å². The van der Waals surface area contributed by atoms with Gasteiger partial charge < -0.3 is 18.9 Å². The Morgan fingerprint density at radius 2 is 0.833 bits per heavy atom. The van der Waals surface area contributed by atoms with Crippen molar-refractivity contribution in [2.75, 3.05) is 0 Å². The number of carbonyl (C=O) groups is 4. The van der Waals surface area contributed by atoms with E-state index >= 15 is 0 Å². The van der Waals surface area contributed by atoms with Gasteiger partial charge in [0.15, 0.2) is 0 Å². The first-order valence-corrected chi connectivity index (χ1v) is 22.4. The molecule has 2 fully saturated rings. The van der Waals surface area contributed by atoms with Gasteiger partial charge in [0.1, 0.15) is 23.7 Å². The molecule has 0 unspecified atom stereocenters. The highest BCUT2D eigenvalue weighted by Crippen LogP contribution is 2.47. The molecule has 0 aromatic heterocycles. The first kappa shape index (κ1) is 42.9. The third-order valence-electron chi connectivity index (χ3n) is 12.7. The predicted octanol–water partition coefficient (Wildman–Crippen LogP) is 11.0. The molecule has 0 saturated heterocycles. The van der Waals surface area contributed by atoms with Gasteiger partial charge in [-0.05, 0) is 146 Å². The number of esters is 4. The lowest BCUT2D eigenvalue weighted by Gasteiger charge is -2.27. The summed E-state index contributed by atoms with van der Waals surface area (Å²) >= 11 is 0. The molecule has 3 aliphatic rings. The SMILES string of the molecule is CCCc1ccc(CCC(=O)OC2CCC(C(=O)Oc3ccc4c(c3)C(C)c3cc(OC(=O)C5CCC(OC(=O)CCc6ccc(CCC)cc6)CC5)ccc3-4)CC2)cc1. The van der Waals surface area contributed by atoms with Crippen molar-refractivity contribution in [2.45, 2.75) is 142 Å². The molecule has 0 bridgehead atoms. The minimum atomic E-state index is -0.250. The quantitative estimate of drug-likeness (QED) is 0.0813. The standard InChI is InChI=1S/C52H60O8/c1-4-6-35-8-12-37(13-9-35)16-30-49(53)57-41-22-18-39(19-23-41)51(55)59-43-26-28-45-46-29-27-44(33-48(46)34(3)47(45)32-43)60-52(56)40-20-24-42(25-21-40)58-50(54)31-17-38-14-10-36(7-5-2)11-15-38/h8-15,26-29,32-34,39-42H,4-7,16-25,30-31H2,1-3H3. The molecule has 8 heteroatoms. The van der Waals surface area contributed by atoms with E-state index in [0.717, 1.165) is 59.1 Å². The summed E-state index contributed by atoms with van der Waals surface area (Å²) in [5, 5.41) is 0. The molecular weight excluding hydrogens is 753 g/mol. The molecule has 3 aliphatic carbocycles. The maximum absolute atomic E-state index is 13.3. The Bertz CT molecular complexity index is 1950. The third kappa shape index (κ3) is 11.1. The summed E-state index contributed by atoms with van der Waals surface area (Å²) in [5.74, 6) is -0.313. The average Bonchev–Trinajstić information content (AvgIpc) is 3.53. The van der Waals surface area contributed by atoms with E-state index in [1.807, 2.05) is 36.4 Å². The van der Waals surface area contributed by atoms with E-state index < -0.39 is 0 Å². The van der Waals surface area contributed by atoms with Gasteiger partial charge in [0.25, 0.3) is 0 Å². The van der Waals surface area contributed by atoms with E-state index in [1.54, 1.807) is 0 Å². The van der Waals surface area contributed by atoms with Crippen molar-refractivity contribution >= 4 is 23.9 Å². The van der Waals surface area contributed by atoms with Gasteiger partial charge in [-0.15, -0.1) is 0 Å². The normalized spacial score (nSPS) is 20.7. The van der Waals surface area contributed by atoms with Crippen LogP contribution in [0.4, 0.5) is 0 Å². The van der Waals surface area contributed by atoms with Crippen LogP contribution in [0.25, 0.3) is 11.1 Å². The van der Waals surface area contributed by atoms with Crippen molar-refractivity contribution in [2.24, 2.45) is 11.8 Å². The maximum Gasteiger partial charge on any atom is 0.314 e. The number of rotatable bonds is 16. The summed E-state index contributed by atoms with van der Waals surface area (Å²) in [7, 11) is 0. The summed E-state index contributed by atoms with van der Waals surface area (Å²) in [6.45, 7) is 6.44. The zero-order valence-corrected chi connectivity index (χ0v) is 35.5. The third-order valence-corrected chi connectivity index (χ3v) is 12.7. The molecule has 0 amide bonds. The van der Waals surface area contributed by atoms with E-state index in [0.29, 0.717) is 88.5 Å². The summed E-state index contributed by atoms with van der Waals surface area (Å²) in [4.78, 5) is 51.7. The van der Waals surface area contributed by atoms with Crippen LogP contribution in [0.2, 0.25) is 0 Å². The number of aryl methyl sites for hydroxylation is 4. The van der Waals surface area contributed by atoms with Crippen LogP contribution in [0.3, 0.4) is 0 Å². The zero-order valence-electron chi connectivity index (χ0n) is 35.5. The lowest BCUT2D eigenvalue weighted by atomic mass is 9.87. The van der Waals surface area contributed by atoms with Gasteiger partial charge in [0.2, 0.25) is 0 Å². The van der Waals surface area contributed by atoms with Crippen LogP contribution in [0.15, 0.2) is 84.9 Å². The van der Waals surface area contributed by atoms with Crippen molar-refractivity contribution in [1.29, 1.82) is 0 Å². The summed E-state index contributed by atoms with van der Waals surface area (Å²) < 4.78 is 23.4. The molecule has 0 spiro atoms. The Labute approximate surface area is 355 Å². The largest absolute Gasteiger partial charge is 0.462 e. The van der Waals surface area contributed by atoms with Crippen LogP contribution in [0.1, 0.15) is 137 Å². The fourth-order valence-corrected chi connectivity index (χ4v) is 9.12. The topological polar surface area (TPSA) is 105 Å². The molecule has 7 rings (SSSR count). The van der Waals surface area contributed by atoms with E-state index in [1.165, 1.54) is 11.1 Å². The lowest BCUT2D eigenvalue weighted by molar-refractivity contribution is -0.153. The molecule has 316 valence electrons. The molecule has 0 atom stereocenters. The van der Waals surface area contributed by atoms with Crippen LogP contribution >= 0.6 is 0 Å². The summed E-state index contributed by atoms with van der Waals surface area (Å²) in [6, 6.07) is 28.5. The number of fused-ring (bicyclic) bond motifs is 3. The maximum atomic E-state index is 13.3. The Balaban J connectivity index is 0.827. The minimum absolute atomic E-state index is 0.0170. The van der Waals surface area contributed by atoms with Gasteiger partial charge in [-0.25, -0.2) is 0 Å². The summed E-state index contributed by atoms with van der Waals surface area (Å²) in [5.41, 5.74) is 9.16. The zero-order chi connectivity index (χ0) is 42.0. The van der Waals surface area contributed by atoms with Gasteiger partial charge >= 0.3 is 23.9 Å². The monoisotopic (exact) mass is 812 g/mol. The second kappa shape index (κ2) is 20.3. The van der Waals surface area contributed by atoms with E-state index in [9.17, 15) is 19.2 Å². The highest BCUT2D eigenvalue weighted by Gasteiger charge is 2.33. The molecule has 0 aliphatic heterocycles. The van der Waals surface area contributed by atoms with E-state index in [4.69, 9.17) is 18.9 Å². The molecule has 60 heavy (non-hydrogen) atoms. The Hall–Kier alpha value is -5.24. The van der Waals surface area contributed by atoms with Crippen LogP contribution in [-0.4, -0.2) is 36.1 Å². The van der Waals surface area contributed by atoms with Crippen LogP contribution in [-0.2, 0) is 54.3 Å². The second-order valence-corrected chi connectivity index (χ2v) is 17.1. The molecular formula is C52H60O8. The van der Waals surface area contributed by atoms with Crippen LogP contribution < -0.4 is 9.47 Å². The lowest BCUT2D eigenvalue weighted by Crippen LogP contribution is -2.30. The smallest absolute Gasteiger partial charge is 0.314 e.